The first-order valence-corrected chi connectivity index (χ1v) is 8.26. The lowest BCUT2D eigenvalue weighted by Crippen LogP contribution is -2.36. The van der Waals surface area contributed by atoms with Crippen LogP contribution in [0.3, 0.4) is 0 Å². The molecule has 1 aromatic carbocycles. The number of alkyl halides is 3. The van der Waals surface area contributed by atoms with Gasteiger partial charge < -0.3 is 9.88 Å². The highest BCUT2D eigenvalue weighted by Gasteiger charge is 2.34. The Labute approximate surface area is 149 Å². The molecule has 4 nitrogen and oxygen atoms in total. The second-order valence-corrected chi connectivity index (χ2v) is 6.17. The standard InChI is InChI=1S/C19H21F3N2O2/c1-5-24-12(3)10-11(2)16(18(24)26)17(25)23-13(4)14-8-6-7-9-15(14)19(20,21)22/h6-10,13H,5H2,1-4H3,(H,23,25)/t13-/m1/s1. The number of rotatable bonds is 4. The highest BCUT2D eigenvalue weighted by atomic mass is 19.4. The van der Waals surface area contributed by atoms with Crippen LogP contribution in [0, 0.1) is 13.8 Å². The Hall–Kier alpha value is -2.57. The van der Waals surface area contributed by atoms with Gasteiger partial charge in [0.1, 0.15) is 5.56 Å². The van der Waals surface area contributed by atoms with E-state index in [0.717, 1.165) is 11.8 Å². The summed E-state index contributed by atoms with van der Waals surface area (Å²) in [5, 5.41) is 2.53. The number of benzene rings is 1. The van der Waals surface area contributed by atoms with Gasteiger partial charge in [-0.15, -0.1) is 0 Å². The monoisotopic (exact) mass is 366 g/mol. The van der Waals surface area contributed by atoms with Gasteiger partial charge in [-0.05, 0) is 51.0 Å². The normalized spacial score (nSPS) is 12.7. The van der Waals surface area contributed by atoms with Crippen molar-refractivity contribution in [2.75, 3.05) is 0 Å². The Kier molecular flexibility index (Phi) is 5.59. The Morgan fingerprint density at radius 3 is 2.42 bits per heavy atom. The van der Waals surface area contributed by atoms with E-state index < -0.39 is 29.2 Å². The molecule has 7 heteroatoms. The first kappa shape index (κ1) is 19.8. The van der Waals surface area contributed by atoms with E-state index in [4.69, 9.17) is 0 Å². The van der Waals surface area contributed by atoms with Crippen molar-refractivity contribution in [2.24, 2.45) is 0 Å². The van der Waals surface area contributed by atoms with Gasteiger partial charge in [-0.25, -0.2) is 0 Å². The average molecular weight is 366 g/mol. The number of aromatic nitrogens is 1. The number of carbonyl (C=O) groups is 1. The zero-order valence-electron chi connectivity index (χ0n) is 15.1. The van der Waals surface area contributed by atoms with Crippen LogP contribution in [0.1, 0.15) is 52.6 Å². The molecule has 0 aliphatic rings. The van der Waals surface area contributed by atoms with Gasteiger partial charge in [0.05, 0.1) is 11.6 Å². The van der Waals surface area contributed by atoms with Gasteiger partial charge in [0.25, 0.3) is 11.5 Å². The smallest absolute Gasteiger partial charge is 0.345 e. The number of pyridine rings is 1. The molecule has 1 N–H and O–H groups in total. The summed E-state index contributed by atoms with van der Waals surface area (Å²) in [7, 11) is 0. The van der Waals surface area contributed by atoms with Gasteiger partial charge in [-0.2, -0.15) is 13.2 Å². The first-order valence-electron chi connectivity index (χ1n) is 8.26. The maximum atomic E-state index is 13.2. The Morgan fingerprint density at radius 1 is 1.23 bits per heavy atom. The minimum atomic E-state index is -4.52. The average Bonchev–Trinajstić information content (AvgIpc) is 2.53. The molecule has 0 saturated carbocycles. The first-order chi connectivity index (χ1) is 12.1. The van der Waals surface area contributed by atoms with Crippen LogP contribution in [0.2, 0.25) is 0 Å². The molecular weight excluding hydrogens is 345 g/mol. The molecule has 0 saturated heterocycles. The van der Waals surface area contributed by atoms with Crippen LogP contribution in [0.15, 0.2) is 35.1 Å². The SMILES string of the molecule is CCn1c(C)cc(C)c(C(=O)N[C@H](C)c2ccccc2C(F)(F)F)c1=O. The van der Waals surface area contributed by atoms with Crippen molar-refractivity contribution in [3.05, 3.63) is 68.6 Å². The molecule has 1 heterocycles. The third-order valence-electron chi connectivity index (χ3n) is 4.33. The fourth-order valence-corrected chi connectivity index (χ4v) is 3.08. The number of aryl methyl sites for hydroxylation is 2. The van der Waals surface area contributed by atoms with E-state index in [9.17, 15) is 22.8 Å². The highest BCUT2D eigenvalue weighted by Crippen LogP contribution is 2.34. The lowest BCUT2D eigenvalue weighted by molar-refractivity contribution is -0.138. The summed E-state index contributed by atoms with van der Waals surface area (Å²) in [5.74, 6) is -0.681. The Morgan fingerprint density at radius 2 is 1.85 bits per heavy atom. The second-order valence-electron chi connectivity index (χ2n) is 6.17. The predicted molar refractivity (Wildman–Crippen MR) is 93.2 cm³/mol. The zero-order chi connectivity index (χ0) is 19.6. The molecule has 0 radical (unpaired) electrons. The minimum absolute atomic E-state index is 0.0473. The molecule has 0 unspecified atom stereocenters. The van der Waals surface area contributed by atoms with Crippen LogP contribution < -0.4 is 10.9 Å². The van der Waals surface area contributed by atoms with Crippen LogP contribution in [-0.2, 0) is 12.7 Å². The van der Waals surface area contributed by atoms with Gasteiger partial charge in [-0.3, -0.25) is 9.59 Å². The van der Waals surface area contributed by atoms with Gasteiger partial charge in [0, 0.05) is 12.2 Å². The van der Waals surface area contributed by atoms with Crippen LogP contribution in [0.4, 0.5) is 13.2 Å². The summed E-state index contributed by atoms with van der Waals surface area (Å²) in [4.78, 5) is 25.2. The molecule has 0 aliphatic carbocycles. The second kappa shape index (κ2) is 7.35. The van der Waals surface area contributed by atoms with E-state index in [-0.39, 0.29) is 11.1 Å². The molecule has 0 spiro atoms. The van der Waals surface area contributed by atoms with Gasteiger partial charge in [0.15, 0.2) is 0 Å². The number of hydrogen-bond donors (Lipinski definition) is 1. The zero-order valence-corrected chi connectivity index (χ0v) is 15.1. The summed E-state index contributed by atoms with van der Waals surface area (Å²) in [6.07, 6.45) is -4.52. The summed E-state index contributed by atoms with van der Waals surface area (Å²) in [5.41, 5.74) is -0.131. The Bertz CT molecular complexity index is 885. The highest BCUT2D eigenvalue weighted by molar-refractivity contribution is 5.95. The predicted octanol–water partition coefficient (Wildman–Crippen LogP) is 3.99. The van der Waals surface area contributed by atoms with Crippen molar-refractivity contribution in [2.45, 2.75) is 46.5 Å². The van der Waals surface area contributed by atoms with Crippen LogP contribution in [-0.4, -0.2) is 10.5 Å². The van der Waals surface area contributed by atoms with Crippen LogP contribution in [0.25, 0.3) is 0 Å². The van der Waals surface area contributed by atoms with Crippen molar-refractivity contribution in [1.29, 1.82) is 0 Å². The Balaban J connectivity index is 2.40. The van der Waals surface area contributed by atoms with E-state index >= 15 is 0 Å². The van der Waals surface area contributed by atoms with Gasteiger partial charge in [0.2, 0.25) is 0 Å². The van der Waals surface area contributed by atoms with Crippen LogP contribution in [0.5, 0.6) is 0 Å². The molecule has 26 heavy (non-hydrogen) atoms. The quantitative estimate of drug-likeness (QED) is 0.889. The van der Waals surface area contributed by atoms with Gasteiger partial charge in [-0.1, -0.05) is 18.2 Å². The summed E-state index contributed by atoms with van der Waals surface area (Å²) in [6.45, 7) is 7.05. The topological polar surface area (TPSA) is 51.1 Å². The molecule has 1 aromatic heterocycles. The lowest BCUT2D eigenvalue weighted by Gasteiger charge is -2.20. The van der Waals surface area contributed by atoms with Crippen molar-refractivity contribution in [1.82, 2.24) is 9.88 Å². The lowest BCUT2D eigenvalue weighted by atomic mass is 10.0. The van der Waals surface area contributed by atoms with Crippen molar-refractivity contribution >= 4 is 5.91 Å². The van der Waals surface area contributed by atoms with E-state index in [1.54, 1.807) is 26.8 Å². The number of nitrogens with one attached hydrogen (secondary N) is 1. The number of amides is 1. The third kappa shape index (κ3) is 3.81. The third-order valence-corrected chi connectivity index (χ3v) is 4.33. The summed E-state index contributed by atoms with van der Waals surface area (Å²) < 4.78 is 41.0. The van der Waals surface area contributed by atoms with E-state index in [1.165, 1.54) is 29.7 Å². The molecule has 2 aromatic rings. The fourth-order valence-electron chi connectivity index (χ4n) is 3.08. The van der Waals surface area contributed by atoms with Crippen molar-refractivity contribution in [3.63, 3.8) is 0 Å². The van der Waals surface area contributed by atoms with Crippen molar-refractivity contribution < 1.29 is 18.0 Å². The number of halogens is 3. The number of carbonyl (C=O) groups excluding carboxylic acids is 1. The molecule has 2 rings (SSSR count). The molecule has 0 bridgehead atoms. The molecule has 1 atom stereocenters. The van der Waals surface area contributed by atoms with Crippen LogP contribution >= 0.6 is 0 Å². The minimum Gasteiger partial charge on any atom is -0.345 e. The van der Waals surface area contributed by atoms with E-state index in [0.29, 0.717) is 12.1 Å². The maximum Gasteiger partial charge on any atom is 0.416 e. The molecule has 1 amide bonds. The summed E-state index contributed by atoms with van der Waals surface area (Å²) >= 11 is 0. The fraction of sp³-hybridized carbons (Fsp3) is 0.368. The van der Waals surface area contributed by atoms with Gasteiger partial charge >= 0.3 is 6.18 Å². The largest absolute Gasteiger partial charge is 0.416 e. The summed E-state index contributed by atoms with van der Waals surface area (Å²) in [6, 6.07) is 5.88. The molecule has 0 fully saturated rings. The molecule has 140 valence electrons. The molecular formula is C19H21F3N2O2. The maximum absolute atomic E-state index is 13.2. The van der Waals surface area contributed by atoms with E-state index in [1.807, 2.05) is 0 Å². The molecule has 0 aliphatic heterocycles. The van der Waals surface area contributed by atoms with E-state index in [2.05, 4.69) is 5.32 Å². The number of hydrogen-bond acceptors (Lipinski definition) is 2. The van der Waals surface area contributed by atoms with Crippen molar-refractivity contribution in [3.8, 4) is 0 Å². The number of nitrogens with zero attached hydrogens (tertiary/aromatic N) is 1.